The minimum absolute atomic E-state index is 0.00985. The van der Waals surface area contributed by atoms with Crippen molar-refractivity contribution in [3.05, 3.63) is 29.6 Å². The van der Waals surface area contributed by atoms with E-state index >= 15 is 0 Å². The number of halogens is 4. The maximum absolute atomic E-state index is 13.4. The summed E-state index contributed by atoms with van der Waals surface area (Å²) < 4.78 is 57.1. The summed E-state index contributed by atoms with van der Waals surface area (Å²) >= 11 is 0. The number of nitrogens with zero attached hydrogens (tertiary/aromatic N) is 2. The number of carbonyl (C=O) groups is 1. The number of likely N-dealkylation sites (tertiary alicyclic amines) is 1. The normalized spacial score (nSPS) is 21.8. The fourth-order valence-corrected chi connectivity index (χ4v) is 3.39. The number of amides is 2. The number of ether oxygens (including phenoxy) is 1. The summed E-state index contributed by atoms with van der Waals surface area (Å²) in [5.41, 5.74) is -1.46. The highest BCUT2D eigenvalue weighted by molar-refractivity contribution is 5.89. The first-order valence-corrected chi connectivity index (χ1v) is 8.59. The lowest BCUT2D eigenvalue weighted by Gasteiger charge is -2.33. The number of anilines is 1. The van der Waals surface area contributed by atoms with Gasteiger partial charge in [-0.1, -0.05) is 0 Å². The Morgan fingerprint density at radius 1 is 1.23 bits per heavy atom. The van der Waals surface area contributed by atoms with Crippen LogP contribution >= 0.6 is 0 Å². The van der Waals surface area contributed by atoms with E-state index < -0.39 is 23.6 Å². The molecule has 5 nitrogen and oxygen atoms in total. The molecule has 2 heterocycles. The summed E-state index contributed by atoms with van der Waals surface area (Å²) in [5, 5.41) is 2.47. The molecule has 2 aliphatic rings. The zero-order valence-electron chi connectivity index (χ0n) is 14.2. The largest absolute Gasteiger partial charge is 0.419 e. The van der Waals surface area contributed by atoms with Crippen molar-refractivity contribution in [1.29, 1.82) is 0 Å². The van der Waals surface area contributed by atoms with Gasteiger partial charge in [0.15, 0.2) is 0 Å². The lowest BCUT2D eigenvalue weighted by molar-refractivity contribution is -0.139. The Bertz CT molecular complexity index is 647. The molecule has 26 heavy (non-hydrogen) atoms. The molecule has 3 rings (SSSR count). The molecule has 1 N–H and O–H groups in total. The molecule has 2 amide bonds. The number of hydrogen-bond acceptors (Lipinski definition) is 3. The Hall–Kier alpha value is -1.87. The van der Waals surface area contributed by atoms with Crippen LogP contribution in [-0.4, -0.2) is 61.3 Å². The van der Waals surface area contributed by atoms with E-state index in [1.165, 1.54) is 0 Å². The van der Waals surface area contributed by atoms with Gasteiger partial charge in [0.2, 0.25) is 0 Å². The van der Waals surface area contributed by atoms with E-state index in [9.17, 15) is 22.4 Å². The molecule has 2 aliphatic heterocycles. The lowest BCUT2D eigenvalue weighted by Crippen LogP contribution is -2.47. The van der Waals surface area contributed by atoms with Crippen LogP contribution in [0.2, 0.25) is 0 Å². The molecule has 2 saturated heterocycles. The van der Waals surface area contributed by atoms with Gasteiger partial charge in [-0.2, -0.15) is 13.2 Å². The third-order valence-electron chi connectivity index (χ3n) is 4.73. The van der Waals surface area contributed by atoms with Crippen molar-refractivity contribution in [1.82, 2.24) is 9.80 Å². The fourth-order valence-electron chi connectivity index (χ4n) is 3.39. The molecule has 144 valence electrons. The second kappa shape index (κ2) is 7.79. The Labute approximate surface area is 148 Å². The summed E-state index contributed by atoms with van der Waals surface area (Å²) in [6.45, 7) is 4.20. The number of benzene rings is 1. The fraction of sp³-hybridized carbons (Fsp3) is 0.588. The quantitative estimate of drug-likeness (QED) is 0.826. The number of hydrogen-bond donors (Lipinski definition) is 1. The lowest BCUT2D eigenvalue weighted by atomic mass is 10.2. The molecule has 9 heteroatoms. The molecule has 1 aromatic carbocycles. The number of urea groups is 1. The van der Waals surface area contributed by atoms with Crippen molar-refractivity contribution < 1.29 is 27.1 Å². The topological polar surface area (TPSA) is 44.8 Å². The van der Waals surface area contributed by atoms with Gasteiger partial charge in [-0.3, -0.25) is 4.90 Å². The molecule has 2 fully saturated rings. The van der Waals surface area contributed by atoms with Crippen molar-refractivity contribution in [2.75, 3.05) is 44.7 Å². The second-order valence-electron chi connectivity index (χ2n) is 6.52. The third kappa shape index (κ3) is 4.45. The van der Waals surface area contributed by atoms with E-state index in [0.717, 1.165) is 32.0 Å². The predicted molar refractivity (Wildman–Crippen MR) is 87.4 cm³/mol. The average molecular weight is 375 g/mol. The second-order valence-corrected chi connectivity index (χ2v) is 6.52. The van der Waals surface area contributed by atoms with E-state index in [2.05, 4.69) is 10.2 Å². The molecule has 0 unspecified atom stereocenters. The van der Waals surface area contributed by atoms with E-state index in [-0.39, 0.29) is 11.7 Å². The minimum Gasteiger partial charge on any atom is -0.379 e. The summed E-state index contributed by atoms with van der Waals surface area (Å²) in [6, 6.07) is 2.03. The highest BCUT2D eigenvalue weighted by Crippen LogP contribution is 2.33. The molecule has 0 aliphatic carbocycles. The van der Waals surface area contributed by atoms with Crippen LogP contribution in [-0.2, 0) is 10.9 Å². The molecule has 0 bridgehead atoms. The molecular formula is C17H21F4N3O2. The average Bonchev–Trinajstić information content (AvgIpc) is 3.05. The molecule has 0 saturated carbocycles. The zero-order chi connectivity index (χ0) is 18.7. The summed E-state index contributed by atoms with van der Waals surface area (Å²) in [5.74, 6) is -1.36. The van der Waals surface area contributed by atoms with Crippen LogP contribution in [0.25, 0.3) is 0 Å². The van der Waals surface area contributed by atoms with Crippen LogP contribution in [0, 0.1) is 5.82 Å². The standard InChI is InChI=1S/C17H21F4N3O2/c18-15-4-3-12(10-14(15)17(19,20)21)22-16(25)24-5-1-2-13(24)11-23-6-8-26-9-7-23/h3-4,10,13H,1-2,5-9,11H2,(H,22,25)/t13-/m0/s1. The van der Waals surface area contributed by atoms with Crippen LogP contribution in [0.1, 0.15) is 18.4 Å². The Morgan fingerprint density at radius 2 is 1.96 bits per heavy atom. The zero-order valence-corrected chi connectivity index (χ0v) is 14.2. The molecule has 0 radical (unpaired) electrons. The first kappa shape index (κ1) is 18.9. The Morgan fingerprint density at radius 3 is 2.65 bits per heavy atom. The van der Waals surface area contributed by atoms with Crippen molar-refractivity contribution in [2.45, 2.75) is 25.1 Å². The van der Waals surface area contributed by atoms with Crippen molar-refractivity contribution in [3.63, 3.8) is 0 Å². The van der Waals surface area contributed by atoms with Crippen LogP contribution < -0.4 is 5.32 Å². The maximum Gasteiger partial charge on any atom is 0.419 e. The number of nitrogens with one attached hydrogen (secondary N) is 1. The van der Waals surface area contributed by atoms with Crippen molar-refractivity contribution in [2.24, 2.45) is 0 Å². The first-order chi connectivity index (χ1) is 12.3. The SMILES string of the molecule is O=C(Nc1ccc(F)c(C(F)(F)F)c1)N1CCC[C@H]1CN1CCOCC1. The highest BCUT2D eigenvalue weighted by atomic mass is 19.4. The number of rotatable bonds is 3. The van der Waals surface area contributed by atoms with Crippen molar-refractivity contribution in [3.8, 4) is 0 Å². The third-order valence-corrected chi connectivity index (χ3v) is 4.73. The monoisotopic (exact) mass is 375 g/mol. The van der Waals surface area contributed by atoms with Gasteiger partial charge in [0, 0.05) is 37.9 Å². The van der Waals surface area contributed by atoms with E-state index in [4.69, 9.17) is 4.74 Å². The Balaban J connectivity index is 1.65. The van der Waals surface area contributed by atoms with E-state index in [1.807, 2.05) is 0 Å². The smallest absolute Gasteiger partial charge is 0.379 e. The molecule has 1 atom stereocenters. The number of alkyl halides is 3. The van der Waals surface area contributed by atoms with Gasteiger partial charge in [-0.25, -0.2) is 9.18 Å². The molecular weight excluding hydrogens is 354 g/mol. The van der Waals surface area contributed by atoms with Crippen LogP contribution in [0.5, 0.6) is 0 Å². The molecule has 0 spiro atoms. The summed E-state index contributed by atoms with van der Waals surface area (Å²) in [7, 11) is 0. The van der Waals surface area contributed by atoms with Gasteiger partial charge >= 0.3 is 12.2 Å². The molecule has 0 aromatic heterocycles. The minimum atomic E-state index is -4.81. The number of morpholine rings is 1. The van der Waals surface area contributed by atoms with Gasteiger partial charge in [-0.15, -0.1) is 0 Å². The van der Waals surface area contributed by atoms with Gasteiger partial charge in [0.25, 0.3) is 0 Å². The van der Waals surface area contributed by atoms with Gasteiger partial charge < -0.3 is 15.0 Å². The number of carbonyl (C=O) groups excluding carboxylic acids is 1. The van der Waals surface area contributed by atoms with Gasteiger partial charge in [0.1, 0.15) is 5.82 Å². The van der Waals surface area contributed by atoms with Gasteiger partial charge in [0.05, 0.1) is 18.8 Å². The first-order valence-electron chi connectivity index (χ1n) is 8.59. The summed E-state index contributed by atoms with van der Waals surface area (Å²) in [6.07, 6.45) is -3.11. The van der Waals surface area contributed by atoms with E-state index in [1.54, 1.807) is 4.90 Å². The predicted octanol–water partition coefficient (Wildman–Crippen LogP) is 3.17. The van der Waals surface area contributed by atoms with E-state index in [0.29, 0.717) is 38.4 Å². The maximum atomic E-state index is 13.4. The van der Waals surface area contributed by atoms with Crippen LogP contribution in [0.3, 0.4) is 0 Å². The van der Waals surface area contributed by atoms with Crippen LogP contribution in [0.4, 0.5) is 28.0 Å². The van der Waals surface area contributed by atoms with Crippen molar-refractivity contribution >= 4 is 11.7 Å². The van der Waals surface area contributed by atoms with Crippen LogP contribution in [0.15, 0.2) is 18.2 Å². The Kier molecular flexibility index (Phi) is 5.67. The van der Waals surface area contributed by atoms with Gasteiger partial charge in [-0.05, 0) is 31.0 Å². The summed E-state index contributed by atoms with van der Waals surface area (Å²) in [4.78, 5) is 16.4. The molecule has 1 aromatic rings. The highest BCUT2D eigenvalue weighted by Gasteiger charge is 2.35.